The van der Waals surface area contributed by atoms with Crippen LogP contribution in [0.2, 0.25) is 0 Å². The van der Waals surface area contributed by atoms with E-state index in [9.17, 15) is 4.79 Å². The van der Waals surface area contributed by atoms with Crippen LogP contribution in [0.1, 0.15) is 31.4 Å². The molecule has 2 bridgehead atoms. The third kappa shape index (κ3) is 3.30. The van der Waals surface area contributed by atoms with Gasteiger partial charge in [-0.05, 0) is 49.9 Å². The number of nitrogens with two attached hydrogens (primary N) is 3. The van der Waals surface area contributed by atoms with Gasteiger partial charge in [-0.25, -0.2) is 0 Å². The van der Waals surface area contributed by atoms with Crippen molar-refractivity contribution in [2.45, 2.75) is 43.8 Å². The van der Waals surface area contributed by atoms with Gasteiger partial charge in [0.2, 0.25) is 0 Å². The minimum atomic E-state index is -0.589. The van der Waals surface area contributed by atoms with Crippen molar-refractivity contribution < 1.29 is 4.79 Å². The average Bonchev–Trinajstić information content (AvgIpc) is 3.29. The molecule has 2 aromatic rings. The van der Waals surface area contributed by atoms with E-state index in [-0.39, 0.29) is 11.6 Å². The van der Waals surface area contributed by atoms with Crippen molar-refractivity contribution in [1.82, 2.24) is 15.2 Å². The Labute approximate surface area is 162 Å². The second kappa shape index (κ2) is 7.34. The third-order valence-electron chi connectivity index (χ3n) is 5.50. The van der Waals surface area contributed by atoms with Crippen molar-refractivity contribution in [3.05, 3.63) is 47.9 Å². The SMILES string of the molecule is NC=C(C(N)=O)C(=NC1CC2CCC(C1)N2c1ccc(N)nn1)c1ccc[nH]1. The third-order valence-corrected chi connectivity index (χ3v) is 5.50. The smallest absolute Gasteiger partial charge is 0.252 e. The molecule has 4 heterocycles. The fourth-order valence-electron chi connectivity index (χ4n) is 4.32. The topological polar surface area (TPSA) is 152 Å². The number of nitrogens with one attached hydrogen (secondary N) is 1. The molecule has 0 saturated carbocycles. The van der Waals surface area contributed by atoms with Crippen LogP contribution in [0.25, 0.3) is 0 Å². The lowest BCUT2D eigenvalue weighted by molar-refractivity contribution is -0.114. The van der Waals surface area contributed by atoms with Gasteiger partial charge >= 0.3 is 0 Å². The van der Waals surface area contributed by atoms with Crippen molar-refractivity contribution in [3.63, 3.8) is 0 Å². The van der Waals surface area contributed by atoms with Crippen molar-refractivity contribution >= 4 is 23.3 Å². The summed E-state index contributed by atoms with van der Waals surface area (Å²) in [4.78, 5) is 22.2. The number of amides is 1. The zero-order chi connectivity index (χ0) is 19.7. The summed E-state index contributed by atoms with van der Waals surface area (Å²) in [6.07, 6.45) is 6.90. The van der Waals surface area contributed by atoms with Crippen molar-refractivity contribution in [2.75, 3.05) is 10.6 Å². The van der Waals surface area contributed by atoms with Gasteiger partial charge in [-0.15, -0.1) is 10.2 Å². The van der Waals surface area contributed by atoms with Crippen molar-refractivity contribution in [3.8, 4) is 0 Å². The number of nitrogen functional groups attached to an aromatic ring is 1. The quantitative estimate of drug-likeness (QED) is 0.442. The fraction of sp³-hybridized carbons (Fsp3) is 0.368. The monoisotopic (exact) mass is 380 g/mol. The van der Waals surface area contributed by atoms with E-state index in [2.05, 4.69) is 20.1 Å². The highest BCUT2D eigenvalue weighted by Gasteiger charge is 2.41. The minimum absolute atomic E-state index is 0.0723. The van der Waals surface area contributed by atoms with Gasteiger partial charge in [-0.1, -0.05) is 0 Å². The number of nitrogens with zero attached hydrogens (tertiary/aromatic N) is 4. The van der Waals surface area contributed by atoms with E-state index in [1.165, 1.54) is 6.20 Å². The maximum absolute atomic E-state index is 11.9. The summed E-state index contributed by atoms with van der Waals surface area (Å²) in [5.41, 5.74) is 18.3. The number of fused-ring (bicyclic) bond motifs is 2. The molecule has 2 saturated heterocycles. The second-order valence-corrected chi connectivity index (χ2v) is 7.24. The molecule has 0 spiro atoms. The number of carbonyl (C=O) groups excluding carboxylic acids is 1. The lowest BCUT2D eigenvalue weighted by Gasteiger charge is -2.38. The van der Waals surface area contributed by atoms with Crippen LogP contribution in [-0.4, -0.2) is 44.9 Å². The molecule has 0 aliphatic carbocycles. The van der Waals surface area contributed by atoms with Gasteiger partial charge in [0.1, 0.15) is 5.82 Å². The number of aromatic nitrogens is 3. The number of aliphatic imine (C=N–C) groups is 1. The Morgan fingerprint density at radius 2 is 1.96 bits per heavy atom. The van der Waals surface area contributed by atoms with E-state index in [4.69, 9.17) is 22.2 Å². The van der Waals surface area contributed by atoms with E-state index >= 15 is 0 Å². The largest absolute Gasteiger partial charge is 0.404 e. The Hall–Kier alpha value is -3.36. The van der Waals surface area contributed by atoms with Crippen LogP contribution in [0, 0.1) is 0 Å². The van der Waals surface area contributed by atoms with Gasteiger partial charge in [-0.2, -0.15) is 0 Å². The Bertz CT molecular complexity index is 889. The van der Waals surface area contributed by atoms with Crippen LogP contribution < -0.4 is 22.1 Å². The molecule has 0 radical (unpaired) electrons. The van der Waals surface area contributed by atoms with Crippen LogP contribution in [0.3, 0.4) is 0 Å². The number of hydrogen-bond acceptors (Lipinski definition) is 7. The van der Waals surface area contributed by atoms with E-state index in [1.807, 2.05) is 18.2 Å². The van der Waals surface area contributed by atoms with Gasteiger partial charge in [-0.3, -0.25) is 9.79 Å². The van der Waals surface area contributed by atoms with Gasteiger partial charge < -0.3 is 27.1 Å². The first-order chi connectivity index (χ1) is 13.6. The number of primary amides is 1. The Morgan fingerprint density at radius 3 is 2.50 bits per heavy atom. The lowest BCUT2D eigenvalue weighted by atomic mass is 9.96. The molecule has 0 aromatic carbocycles. The van der Waals surface area contributed by atoms with Crippen LogP contribution in [0.4, 0.5) is 11.6 Å². The Kier molecular flexibility index (Phi) is 4.72. The summed E-state index contributed by atoms with van der Waals surface area (Å²) in [6, 6.07) is 8.14. The van der Waals surface area contributed by atoms with Gasteiger partial charge in [0, 0.05) is 24.5 Å². The summed E-state index contributed by atoms with van der Waals surface area (Å²) in [5, 5.41) is 8.24. The molecule has 146 valence electrons. The molecular formula is C19H24N8O. The molecule has 2 aliphatic rings. The zero-order valence-corrected chi connectivity index (χ0v) is 15.5. The molecule has 2 unspecified atom stereocenters. The molecule has 2 fully saturated rings. The van der Waals surface area contributed by atoms with Crippen molar-refractivity contribution in [2.24, 2.45) is 16.5 Å². The number of piperidine rings is 1. The first-order valence-corrected chi connectivity index (χ1v) is 9.38. The zero-order valence-electron chi connectivity index (χ0n) is 15.5. The molecule has 9 heteroatoms. The summed E-state index contributed by atoms with van der Waals surface area (Å²) < 4.78 is 0. The summed E-state index contributed by atoms with van der Waals surface area (Å²) >= 11 is 0. The number of aromatic amines is 1. The predicted octanol–water partition coefficient (Wildman–Crippen LogP) is 0.704. The van der Waals surface area contributed by atoms with Crippen molar-refractivity contribution in [1.29, 1.82) is 0 Å². The summed E-state index contributed by atoms with van der Waals surface area (Å²) in [5.74, 6) is 0.681. The maximum Gasteiger partial charge on any atom is 0.252 e. The van der Waals surface area contributed by atoms with Gasteiger partial charge in [0.25, 0.3) is 5.91 Å². The van der Waals surface area contributed by atoms with Crippen LogP contribution in [-0.2, 0) is 4.79 Å². The molecule has 4 rings (SSSR count). The van der Waals surface area contributed by atoms with Gasteiger partial charge in [0.15, 0.2) is 5.82 Å². The molecule has 2 aliphatic heterocycles. The molecule has 2 aromatic heterocycles. The Balaban J connectivity index is 1.61. The van der Waals surface area contributed by atoms with Gasteiger partial charge in [0.05, 0.1) is 23.0 Å². The molecule has 7 N–H and O–H groups in total. The second-order valence-electron chi connectivity index (χ2n) is 7.24. The number of carbonyl (C=O) groups is 1. The summed E-state index contributed by atoms with van der Waals surface area (Å²) in [7, 11) is 0. The van der Waals surface area contributed by atoms with E-state index in [0.717, 1.165) is 37.2 Å². The molecule has 1 amide bonds. The lowest BCUT2D eigenvalue weighted by Crippen LogP contribution is -2.45. The highest BCUT2D eigenvalue weighted by atomic mass is 16.1. The predicted molar refractivity (Wildman–Crippen MR) is 108 cm³/mol. The van der Waals surface area contributed by atoms with Crippen LogP contribution in [0.5, 0.6) is 0 Å². The first-order valence-electron chi connectivity index (χ1n) is 9.38. The molecule has 28 heavy (non-hydrogen) atoms. The first kappa shape index (κ1) is 18.0. The Morgan fingerprint density at radius 1 is 1.21 bits per heavy atom. The van der Waals surface area contributed by atoms with E-state index in [1.54, 1.807) is 12.3 Å². The van der Waals surface area contributed by atoms with Crippen LogP contribution in [0.15, 0.2) is 47.2 Å². The molecule has 2 atom stereocenters. The number of anilines is 2. The summed E-state index contributed by atoms with van der Waals surface area (Å²) in [6.45, 7) is 0. The van der Waals surface area contributed by atoms with Crippen LogP contribution >= 0.6 is 0 Å². The standard InChI is InChI=1S/C19H24N8O/c20-10-14(19(22)28)18(15-2-1-7-23-15)24-11-8-12-3-4-13(9-11)27(12)17-6-5-16(21)25-26-17/h1-2,5-7,10-13,23H,3-4,8-9,20H2,(H2,21,25)(H2,22,28). The highest BCUT2D eigenvalue weighted by molar-refractivity contribution is 6.27. The maximum atomic E-state index is 11.9. The number of rotatable bonds is 5. The molecular weight excluding hydrogens is 356 g/mol. The van der Waals surface area contributed by atoms with E-state index < -0.39 is 5.91 Å². The van der Waals surface area contributed by atoms with E-state index in [0.29, 0.717) is 23.6 Å². The number of hydrogen-bond donors (Lipinski definition) is 4. The minimum Gasteiger partial charge on any atom is -0.404 e. The molecule has 9 nitrogen and oxygen atoms in total. The normalized spacial score (nSPS) is 25.1. The highest BCUT2D eigenvalue weighted by Crippen LogP contribution is 2.39. The average molecular weight is 380 g/mol. The number of H-pyrrole nitrogens is 1. The fourth-order valence-corrected chi connectivity index (χ4v) is 4.32.